The van der Waals surface area contributed by atoms with E-state index in [1.165, 1.54) is 0 Å². The number of amides is 1. The van der Waals surface area contributed by atoms with Crippen molar-refractivity contribution in [3.05, 3.63) is 23.5 Å². The third-order valence-corrected chi connectivity index (χ3v) is 2.86. The van der Waals surface area contributed by atoms with Crippen LogP contribution in [0, 0.1) is 11.3 Å². The molecular formula is C12H16N4O2. The Labute approximate surface area is 106 Å². The lowest BCUT2D eigenvalue weighted by molar-refractivity contribution is 0.0286. The molecule has 1 saturated heterocycles. The largest absolute Gasteiger partial charge is 0.374 e. The average Bonchev–Trinajstić information content (AvgIpc) is 2.78. The molecule has 1 amide bonds. The van der Waals surface area contributed by atoms with Gasteiger partial charge in [-0.1, -0.05) is 0 Å². The maximum atomic E-state index is 11.9. The van der Waals surface area contributed by atoms with Crippen LogP contribution in [0.2, 0.25) is 0 Å². The first-order valence-corrected chi connectivity index (χ1v) is 5.87. The Kier molecular flexibility index (Phi) is 3.97. The molecule has 18 heavy (non-hydrogen) atoms. The number of nitrogens with zero attached hydrogens (tertiary/aromatic N) is 2. The Morgan fingerprint density at radius 1 is 1.78 bits per heavy atom. The standard InChI is InChI=1S/C12H16N4O2/c1-16-8-9(5-13)4-11(16)12(17)15-7-10-6-14-2-3-18-10/h4,8,10,14H,2-3,6-7H2,1H3,(H,15,17)/t10-/m1/s1. The number of carbonyl (C=O) groups excluding carboxylic acids is 1. The number of carbonyl (C=O) groups is 1. The fraction of sp³-hybridized carbons (Fsp3) is 0.500. The van der Waals surface area contributed by atoms with E-state index in [0.717, 1.165) is 13.1 Å². The molecule has 2 heterocycles. The fourth-order valence-corrected chi connectivity index (χ4v) is 1.90. The first-order valence-electron chi connectivity index (χ1n) is 5.87. The maximum Gasteiger partial charge on any atom is 0.268 e. The van der Waals surface area contributed by atoms with Crippen molar-refractivity contribution in [3.63, 3.8) is 0 Å². The smallest absolute Gasteiger partial charge is 0.268 e. The number of rotatable bonds is 3. The minimum Gasteiger partial charge on any atom is -0.374 e. The monoisotopic (exact) mass is 248 g/mol. The molecule has 2 rings (SSSR count). The average molecular weight is 248 g/mol. The topological polar surface area (TPSA) is 79.1 Å². The summed E-state index contributed by atoms with van der Waals surface area (Å²) in [6.45, 7) is 2.74. The van der Waals surface area contributed by atoms with Gasteiger partial charge in [-0.3, -0.25) is 4.79 Å². The SMILES string of the molecule is Cn1cc(C#N)cc1C(=O)NC[C@H]1CNCCO1. The van der Waals surface area contributed by atoms with Gasteiger partial charge in [0.25, 0.3) is 5.91 Å². The Hall–Kier alpha value is -1.84. The number of nitrogens with one attached hydrogen (secondary N) is 2. The number of nitriles is 1. The van der Waals surface area contributed by atoms with E-state index < -0.39 is 0 Å². The highest BCUT2D eigenvalue weighted by Crippen LogP contribution is 2.06. The summed E-state index contributed by atoms with van der Waals surface area (Å²) in [4.78, 5) is 11.9. The summed E-state index contributed by atoms with van der Waals surface area (Å²) >= 11 is 0. The zero-order valence-electron chi connectivity index (χ0n) is 10.3. The van der Waals surface area contributed by atoms with Crippen LogP contribution in [0.25, 0.3) is 0 Å². The Balaban J connectivity index is 1.91. The molecule has 1 aromatic rings. The fourth-order valence-electron chi connectivity index (χ4n) is 1.90. The number of aromatic nitrogens is 1. The molecule has 0 saturated carbocycles. The van der Waals surface area contributed by atoms with Gasteiger partial charge in [0.15, 0.2) is 0 Å². The zero-order valence-corrected chi connectivity index (χ0v) is 10.3. The Morgan fingerprint density at radius 2 is 2.61 bits per heavy atom. The molecular weight excluding hydrogens is 232 g/mol. The number of aryl methyl sites for hydroxylation is 1. The van der Waals surface area contributed by atoms with Crippen molar-refractivity contribution < 1.29 is 9.53 Å². The van der Waals surface area contributed by atoms with Crippen molar-refractivity contribution >= 4 is 5.91 Å². The molecule has 0 aliphatic carbocycles. The Morgan fingerprint density at radius 3 is 3.22 bits per heavy atom. The minimum atomic E-state index is -0.187. The van der Waals surface area contributed by atoms with Crippen LogP contribution in [-0.2, 0) is 11.8 Å². The van der Waals surface area contributed by atoms with E-state index in [0.29, 0.717) is 24.4 Å². The van der Waals surface area contributed by atoms with Crippen LogP contribution >= 0.6 is 0 Å². The summed E-state index contributed by atoms with van der Waals surface area (Å²) < 4.78 is 7.13. The van der Waals surface area contributed by atoms with Crippen molar-refractivity contribution in [2.45, 2.75) is 6.10 Å². The molecule has 0 aromatic carbocycles. The Bertz CT molecular complexity index is 469. The van der Waals surface area contributed by atoms with Crippen molar-refractivity contribution in [1.82, 2.24) is 15.2 Å². The second-order valence-electron chi connectivity index (χ2n) is 4.24. The van der Waals surface area contributed by atoms with Crippen molar-refractivity contribution in [2.24, 2.45) is 7.05 Å². The van der Waals surface area contributed by atoms with Crippen molar-refractivity contribution in [1.29, 1.82) is 5.26 Å². The molecule has 1 fully saturated rings. The van der Waals surface area contributed by atoms with Crippen LogP contribution in [-0.4, -0.2) is 42.8 Å². The number of hydrogen-bond acceptors (Lipinski definition) is 4. The minimum absolute atomic E-state index is 0.0124. The van der Waals surface area contributed by atoms with E-state index in [-0.39, 0.29) is 12.0 Å². The first kappa shape index (κ1) is 12.6. The van der Waals surface area contributed by atoms with Gasteiger partial charge >= 0.3 is 0 Å². The molecule has 2 N–H and O–H groups in total. The summed E-state index contributed by atoms with van der Waals surface area (Å²) in [6.07, 6.45) is 1.64. The summed E-state index contributed by atoms with van der Waals surface area (Å²) in [6, 6.07) is 3.59. The normalized spacial score (nSPS) is 19.2. The predicted octanol–water partition coefficient (Wildman–Crippen LogP) is -0.385. The number of hydrogen-bond donors (Lipinski definition) is 2. The van der Waals surface area contributed by atoms with Crippen LogP contribution < -0.4 is 10.6 Å². The highest BCUT2D eigenvalue weighted by Gasteiger charge is 2.16. The van der Waals surface area contributed by atoms with Gasteiger partial charge in [0.1, 0.15) is 11.8 Å². The molecule has 1 aliphatic heterocycles. The second-order valence-corrected chi connectivity index (χ2v) is 4.24. The molecule has 0 radical (unpaired) electrons. The number of morpholine rings is 1. The molecule has 6 heteroatoms. The van der Waals surface area contributed by atoms with Gasteiger partial charge in [-0.2, -0.15) is 5.26 Å². The highest BCUT2D eigenvalue weighted by molar-refractivity contribution is 5.93. The van der Waals surface area contributed by atoms with E-state index in [9.17, 15) is 4.79 Å². The molecule has 6 nitrogen and oxygen atoms in total. The highest BCUT2D eigenvalue weighted by atomic mass is 16.5. The third-order valence-electron chi connectivity index (χ3n) is 2.86. The molecule has 1 aliphatic rings. The number of ether oxygens (including phenoxy) is 1. The summed E-state index contributed by atoms with van der Waals surface area (Å²) in [7, 11) is 1.74. The zero-order chi connectivity index (χ0) is 13.0. The molecule has 1 aromatic heterocycles. The maximum absolute atomic E-state index is 11.9. The van der Waals surface area contributed by atoms with Crippen molar-refractivity contribution in [2.75, 3.05) is 26.2 Å². The van der Waals surface area contributed by atoms with Gasteiger partial charge in [0, 0.05) is 32.9 Å². The molecule has 0 bridgehead atoms. The molecule has 1 atom stereocenters. The van der Waals surface area contributed by atoms with Crippen LogP contribution in [0.15, 0.2) is 12.3 Å². The van der Waals surface area contributed by atoms with Gasteiger partial charge in [0.05, 0.1) is 18.3 Å². The van der Waals surface area contributed by atoms with E-state index >= 15 is 0 Å². The van der Waals surface area contributed by atoms with Gasteiger partial charge in [0.2, 0.25) is 0 Å². The lowest BCUT2D eigenvalue weighted by atomic mass is 10.3. The van der Waals surface area contributed by atoms with Crippen molar-refractivity contribution in [3.8, 4) is 6.07 Å². The van der Waals surface area contributed by atoms with E-state index in [1.54, 1.807) is 23.9 Å². The lowest BCUT2D eigenvalue weighted by Crippen LogP contribution is -2.45. The van der Waals surface area contributed by atoms with E-state index in [4.69, 9.17) is 10.00 Å². The van der Waals surface area contributed by atoms with E-state index in [1.807, 2.05) is 6.07 Å². The van der Waals surface area contributed by atoms with Crippen LogP contribution in [0.1, 0.15) is 16.1 Å². The van der Waals surface area contributed by atoms with Crippen LogP contribution in [0.4, 0.5) is 0 Å². The quantitative estimate of drug-likeness (QED) is 0.764. The summed E-state index contributed by atoms with van der Waals surface area (Å²) in [5, 5.41) is 14.8. The van der Waals surface area contributed by atoms with Gasteiger partial charge in [-0.05, 0) is 6.07 Å². The van der Waals surface area contributed by atoms with Crippen LogP contribution in [0.3, 0.4) is 0 Å². The predicted molar refractivity (Wildman–Crippen MR) is 65.1 cm³/mol. The van der Waals surface area contributed by atoms with Crippen LogP contribution in [0.5, 0.6) is 0 Å². The third kappa shape index (κ3) is 2.88. The molecule has 0 spiro atoms. The second kappa shape index (κ2) is 5.67. The molecule has 96 valence electrons. The summed E-state index contributed by atoms with van der Waals surface area (Å²) in [5.41, 5.74) is 0.966. The van der Waals surface area contributed by atoms with Gasteiger partial charge < -0.3 is 19.9 Å². The molecule has 0 unspecified atom stereocenters. The summed E-state index contributed by atoms with van der Waals surface area (Å²) in [5.74, 6) is -0.187. The van der Waals surface area contributed by atoms with E-state index in [2.05, 4.69) is 10.6 Å². The van der Waals surface area contributed by atoms with Gasteiger partial charge in [-0.15, -0.1) is 0 Å². The van der Waals surface area contributed by atoms with Gasteiger partial charge in [-0.25, -0.2) is 0 Å². The lowest BCUT2D eigenvalue weighted by Gasteiger charge is -2.23. The first-order chi connectivity index (χ1) is 8.70.